The van der Waals surface area contributed by atoms with Gasteiger partial charge in [0.2, 0.25) is 0 Å². The molecule has 2 saturated heterocycles. The number of hydrogen-bond acceptors (Lipinski definition) is 3. The molecular formula is C20H19BrN2O. The fourth-order valence-corrected chi connectivity index (χ4v) is 5.04. The number of rotatable bonds is 1. The number of halogens is 1. The molecule has 2 fully saturated rings. The summed E-state index contributed by atoms with van der Waals surface area (Å²) in [7, 11) is 2.21. The van der Waals surface area contributed by atoms with E-state index in [0.29, 0.717) is 0 Å². The molecule has 2 unspecified atom stereocenters. The average molecular weight is 383 g/mol. The van der Waals surface area contributed by atoms with Crippen LogP contribution in [0.4, 0.5) is 5.69 Å². The van der Waals surface area contributed by atoms with Crippen molar-refractivity contribution in [2.75, 3.05) is 38.1 Å². The summed E-state index contributed by atoms with van der Waals surface area (Å²) >= 11 is 3.47. The maximum Gasteiger partial charge on any atom is 0.194 e. The van der Waals surface area contributed by atoms with Crippen molar-refractivity contribution in [2.45, 2.75) is 0 Å². The fourth-order valence-electron chi connectivity index (χ4n) is 4.67. The van der Waals surface area contributed by atoms with E-state index in [1.807, 2.05) is 18.2 Å². The Labute approximate surface area is 150 Å². The van der Waals surface area contributed by atoms with Gasteiger partial charge in [0, 0.05) is 47.5 Å². The van der Waals surface area contributed by atoms with E-state index < -0.39 is 0 Å². The summed E-state index contributed by atoms with van der Waals surface area (Å²) in [6.45, 7) is 4.62. The summed E-state index contributed by atoms with van der Waals surface area (Å²) < 4.78 is 0.958. The van der Waals surface area contributed by atoms with Crippen molar-refractivity contribution in [3.8, 4) is 11.1 Å². The minimum Gasteiger partial charge on any atom is -0.371 e. The summed E-state index contributed by atoms with van der Waals surface area (Å²) in [6.07, 6.45) is 0. The van der Waals surface area contributed by atoms with Crippen LogP contribution in [0.25, 0.3) is 11.1 Å². The number of carbonyl (C=O) groups is 1. The Morgan fingerprint density at radius 1 is 0.875 bits per heavy atom. The summed E-state index contributed by atoms with van der Waals surface area (Å²) in [5.74, 6) is 1.70. The Morgan fingerprint density at radius 2 is 1.50 bits per heavy atom. The number of anilines is 1. The van der Waals surface area contributed by atoms with E-state index in [9.17, 15) is 4.79 Å². The molecule has 0 aromatic heterocycles. The van der Waals surface area contributed by atoms with Crippen LogP contribution in [0.2, 0.25) is 0 Å². The molecule has 122 valence electrons. The van der Waals surface area contributed by atoms with E-state index >= 15 is 0 Å². The van der Waals surface area contributed by atoms with Crippen LogP contribution < -0.4 is 4.90 Å². The molecule has 24 heavy (non-hydrogen) atoms. The third kappa shape index (κ3) is 2.09. The minimum atomic E-state index is 0.155. The Hall–Kier alpha value is -1.65. The molecular weight excluding hydrogens is 364 g/mol. The zero-order valence-corrected chi connectivity index (χ0v) is 15.2. The lowest BCUT2D eigenvalue weighted by Gasteiger charge is -2.22. The van der Waals surface area contributed by atoms with Crippen molar-refractivity contribution in [3.05, 3.63) is 52.0 Å². The van der Waals surface area contributed by atoms with Crippen molar-refractivity contribution in [1.29, 1.82) is 0 Å². The van der Waals surface area contributed by atoms with Gasteiger partial charge in [-0.3, -0.25) is 4.79 Å². The van der Waals surface area contributed by atoms with Gasteiger partial charge in [0.1, 0.15) is 0 Å². The SMILES string of the molecule is CN1CC2CN(c3ccc4c(c3)C(=O)c3cc(Br)ccc3-4)CC2C1. The first-order valence-electron chi connectivity index (χ1n) is 8.52. The molecule has 2 aromatic carbocycles. The Morgan fingerprint density at radius 3 is 2.21 bits per heavy atom. The summed E-state index contributed by atoms with van der Waals surface area (Å²) in [4.78, 5) is 17.7. The molecule has 0 bridgehead atoms. The van der Waals surface area contributed by atoms with Gasteiger partial charge in [-0.05, 0) is 54.3 Å². The molecule has 5 rings (SSSR count). The highest BCUT2D eigenvalue weighted by molar-refractivity contribution is 9.10. The predicted molar refractivity (Wildman–Crippen MR) is 99.7 cm³/mol. The van der Waals surface area contributed by atoms with Crippen LogP contribution in [0.1, 0.15) is 15.9 Å². The number of hydrogen-bond donors (Lipinski definition) is 0. The van der Waals surface area contributed by atoms with Crippen LogP contribution in [0.5, 0.6) is 0 Å². The van der Waals surface area contributed by atoms with Gasteiger partial charge < -0.3 is 9.80 Å². The number of nitrogens with zero attached hydrogens (tertiary/aromatic N) is 2. The second kappa shape index (κ2) is 5.17. The van der Waals surface area contributed by atoms with Crippen LogP contribution in [-0.2, 0) is 0 Å². The second-order valence-corrected chi connectivity index (χ2v) is 8.31. The van der Waals surface area contributed by atoms with Crippen LogP contribution in [0.15, 0.2) is 40.9 Å². The van der Waals surface area contributed by atoms with E-state index in [1.165, 1.54) is 18.8 Å². The van der Waals surface area contributed by atoms with E-state index in [0.717, 1.165) is 51.7 Å². The quantitative estimate of drug-likeness (QED) is 0.641. The normalized spacial score (nSPS) is 25.1. The average Bonchev–Trinajstić information content (AvgIpc) is 3.18. The Kier molecular flexibility index (Phi) is 3.16. The molecule has 0 radical (unpaired) electrons. The molecule has 2 aliphatic heterocycles. The fraction of sp³-hybridized carbons (Fsp3) is 0.350. The number of benzene rings is 2. The number of carbonyl (C=O) groups excluding carboxylic acids is 1. The molecule has 1 aliphatic carbocycles. The molecule has 3 aliphatic rings. The highest BCUT2D eigenvalue weighted by atomic mass is 79.9. The third-order valence-corrected chi connectivity index (χ3v) is 6.29. The molecule has 0 spiro atoms. The van der Waals surface area contributed by atoms with Crippen LogP contribution in [-0.4, -0.2) is 43.9 Å². The molecule has 2 heterocycles. The second-order valence-electron chi connectivity index (χ2n) is 7.40. The monoisotopic (exact) mass is 382 g/mol. The molecule has 4 heteroatoms. The van der Waals surface area contributed by atoms with Gasteiger partial charge in [0.15, 0.2) is 5.78 Å². The first kappa shape index (κ1) is 14.7. The van der Waals surface area contributed by atoms with Gasteiger partial charge >= 0.3 is 0 Å². The summed E-state index contributed by atoms with van der Waals surface area (Å²) in [6, 6.07) is 12.4. The van der Waals surface area contributed by atoms with Crippen molar-refractivity contribution < 1.29 is 4.79 Å². The van der Waals surface area contributed by atoms with Gasteiger partial charge in [-0.15, -0.1) is 0 Å². The maximum absolute atomic E-state index is 12.8. The third-order valence-electron chi connectivity index (χ3n) is 5.80. The maximum atomic E-state index is 12.8. The molecule has 2 aromatic rings. The van der Waals surface area contributed by atoms with Crippen molar-refractivity contribution in [2.24, 2.45) is 11.8 Å². The largest absolute Gasteiger partial charge is 0.371 e. The van der Waals surface area contributed by atoms with Crippen LogP contribution >= 0.6 is 15.9 Å². The van der Waals surface area contributed by atoms with Crippen LogP contribution in [0.3, 0.4) is 0 Å². The van der Waals surface area contributed by atoms with Crippen molar-refractivity contribution in [1.82, 2.24) is 4.90 Å². The van der Waals surface area contributed by atoms with E-state index in [2.05, 4.69) is 51.0 Å². The van der Waals surface area contributed by atoms with Crippen molar-refractivity contribution >= 4 is 27.4 Å². The first-order chi connectivity index (χ1) is 11.6. The predicted octanol–water partition coefficient (Wildman–Crippen LogP) is 3.66. The van der Waals surface area contributed by atoms with Gasteiger partial charge in [-0.25, -0.2) is 0 Å². The summed E-state index contributed by atoms with van der Waals surface area (Å²) in [5.41, 5.74) is 5.01. The molecule has 2 atom stereocenters. The van der Waals surface area contributed by atoms with Gasteiger partial charge in [0.25, 0.3) is 0 Å². The highest BCUT2D eigenvalue weighted by Crippen LogP contribution is 2.41. The molecule has 3 nitrogen and oxygen atoms in total. The van der Waals surface area contributed by atoms with E-state index in [1.54, 1.807) is 0 Å². The zero-order chi connectivity index (χ0) is 16.4. The number of fused-ring (bicyclic) bond motifs is 4. The standard InChI is InChI=1S/C20H19BrN2O/c1-22-8-12-10-23(11-13(12)9-22)15-3-5-17-16-4-2-14(21)6-18(16)20(24)19(17)7-15/h2-7,12-13H,8-11H2,1H3. The van der Waals surface area contributed by atoms with Gasteiger partial charge in [-0.1, -0.05) is 28.1 Å². The lowest BCUT2D eigenvalue weighted by Crippen LogP contribution is -2.26. The number of likely N-dealkylation sites (tertiary alicyclic amines) is 1. The van der Waals surface area contributed by atoms with E-state index in [4.69, 9.17) is 0 Å². The van der Waals surface area contributed by atoms with Gasteiger partial charge in [-0.2, -0.15) is 0 Å². The smallest absolute Gasteiger partial charge is 0.194 e. The molecule has 0 saturated carbocycles. The van der Waals surface area contributed by atoms with E-state index in [-0.39, 0.29) is 5.78 Å². The molecule has 0 N–H and O–H groups in total. The van der Waals surface area contributed by atoms with Crippen molar-refractivity contribution in [3.63, 3.8) is 0 Å². The Balaban J connectivity index is 1.48. The summed E-state index contributed by atoms with van der Waals surface area (Å²) in [5, 5.41) is 0. The zero-order valence-electron chi connectivity index (χ0n) is 13.6. The Bertz CT molecular complexity index is 849. The van der Waals surface area contributed by atoms with Gasteiger partial charge in [0.05, 0.1) is 0 Å². The molecule has 0 amide bonds. The minimum absolute atomic E-state index is 0.155. The highest BCUT2D eigenvalue weighted by Gasteiger charge is 2.39. The number of ketones is 1. The van der Waals surface area contributed by atoms with Crippen LogP contribution in [0, 0.1) is 11.8 Å². The first-order valence-corrected chi connectivity index (χ1v) is 9.31. The topological polar surface area (TPSA) is 23.6 Å². The lowest BCUT2D eigenvalue weighted by molar-refractivity contribution is 0.104. The lowest BCUT2D eigenvalue weighted by atomic mass is 10.0.